The molecule has 0 aromatic carbocycles. The summed E-state index contributed by atoms with van der Waals surface area (Å²) in [5.74, 6) is -1.23. The molecule has 0 aromatic rings. The SMILES string of the molecule is O=C(NCCC1=CCCC1)NC1CCCC1C(=O)O. The molecule has 0 bridgehead atoms. The number of carboxylic acid groups (broad SMARTS) is 1. The molecule has 0 radical (unpaired) electrons. The van der Waals surface area contributed by atoms with Crippen molar-refractivity contribution in [3.63, 3.8) is 0 Å². The molecule has 3 N–H and O–H groups in total. The first-order valence-corrected chi connectivity index (χ1v) is 7.12. The number of aliphatic carboxylic acids is 1. The largest absolute Gasteiger partial charge is 0.481 e. The van der Waals surface area contributed by atoms with E-state index in [1.165, 1.54) is 12.0 Å². The normalized spacial score (nSPS) is 26.0. The van der Waals surface area contributed by atoms with Crippen molar-refractivity contribution in [3.8, 4) is 0 Å². The van der Waals surface area contributed by atoms with Crippen molar-refractivity contribution in [2.24, 2.45) is 5.92 Å². The van der Waals surface area contributed by atoms with E-state index in [4.69, 9.17) is 5.11 Å². The molecule has 106 valence electrons. The lowest BCUT2D eigenvalue weighted by molar-refractivity contribution is -0.142. The smallest absolute Gasteiger partial charge is 0.315 e. The molecule has 5 nitrogen and oxygen atoms in total. The number of nitrogens with one attached hydrogen (secondary N) is 2. The van der Waals surface area contributed by atoms with Gasteiger partial charge in [-0.15, -0.1) is 0 Å². The number of allylic oxidation sites excluding steroid dienone is 1. The highest BCUT2D eigenvalue weighted by Gasteiger charge is 2.33. The predicted octanol–water partition coefficient (Wildman–Crippen LogP) is 2.04. The predicted molar refractivity (Wildman–Crippen MR) is 71.9 cm³/mol. The van der Waals surface area contributed by atoms with Crippen LogP contribution in [-0.4, -0.2) is 29.7 Å². The Labute approximate surface area is 113 Å². The van der Waals surface area contributed by atoms with E-state index in [-0.39, 0.29) is 12.1 Å². The van der Waals surface area contributed by atoms with E-state index in [0.717, 1.165) is 32.1 Å². The summed E-state index contributed by atoms with van der Waals surface area (Å²) in [6.07, 6.45) is 8.97. The van der Waals surface area contributed by atoms with E-state index in [0.29, 0.717) is 13.0 Å². The molecule has 0 aromatic heterocycles. The lowest BCUT2D eigenvalue weighted by atomic mass is 10.0. The second-order valence-corrected chi connectivity index (χ2v) is 5.39. The fraction of sp³-hybridized carbons (Fsp3) is 0.714. The summed E-state index contributed by atoms with van der Waals surface area (Å²) in [6, 6.07) is -0.458. The second-order valence-electron chi connectivity index (χ2n) is 5.39. The first-order chi connectivity index (χ1) is 9.16. The van der Waals surface area contributed by atoms with Gasteiger partial charge in [0.1, 0.15) is 0 Å². The van der Waals surface area contributed by atoms with Crippen LogP contribution in [0.3, 0.4) is 0 Å². The number of carbonyl (C=O) groups is 2. The lowest BCUT2D eigenvalue weighted by Gasteiger charge is -2.18. The first kappa shape index (κ1) is 13.9. The summed E-state index contributed by atoms with van der Waals surface area (Å²) in [6.45, 7) is 0.627. The molecule has 19 heavy (non-hydrogen) atoms. The van der Waals surface area contributed by atoms with Gasteiger partial charge in [-0.2, -0.15) is 0 Å². The molecule has 0 spiro atoms. The molecule has 1 fully saturated rings. The van der Waals surface area contributed by atoms with E-state index in [1.807, 2.05) is 0 Å². The van der Waals surface area contributed by atoms with Crippen LogP contribution in [0.1, 0.15) is 44.9 Å². The minimum Gasteiger partial charge on any atom is -0.481 e. The molecule has 2 aliphatic carbocycles. The number of carbonyl (C=O) groups excluding carboxylic acids is 1. The third-order valence-electron chi connectivity index (χ3n) is 4.02. The summed E-state index contributed by atoms with van der Waals surface area (Å²) < 4.78 is 0. The minimum atomic E-state index is -0.807. The van der Waals surface area contributed by atoms with Gasteiger partial charge < -0.3 is 15.7 Å². The van der Waals surface area contributed by atoms with Crippen molar-refractivity contribution in [3.05, 3.63) is 11.6 Å². The summed E-state index contributed by atoms with van der Waals surface area (Å²) >= 11 is 0. The molecular formula is C14H22N2O3. The average Bonchev–Trinajstić information content (AvgIpc) is 2.99. The fourth-order valence-corrected chi connectivity index (χ4v) is 2.95. The van der Waals surface area contributed by atoms with Crippen LogP contribution in [0.4, 0.5) is 4.79 Å². The van der Waals surface area contributed by atoms with Crippen LogP contribution in [0.25, 0.3) is 0 Å². The summed E-state index contributed by atoms with van der Waals surface area (Å²) in [4.78, 5) is 22.7. The maximum atomic E-state index is 11.7. The van der Waals surface area contributed by atoms with Crippen molar-refractivity contribution in [1.82, 2.24) is 10.6 Å². The lowest BCUT2D eigenvalue weighted by Crippen LogP contribution is -2.45. The van der Waals surface area contributed by atoms with Crippen molar-refractivity contribution in [2.45, 2.75) is 51.0 Å². The molecule has 0 heterocycles. The molecule has 2 rings (SSSR count). The number of rotatable bonds is 5. The standard InChI is InChI=1S/C14H22N2O3/c17-13(18)11-6-3-7-12(11)16-14(19)15-9-8-10-4-1-2-5-10/h4,11-12H,1-3,5-9H2,(H,17,18)(H2,15,16,19). The van der Waals surface area contributed by atoms with Crippen LogP contribution in [0, 0.1) is 5.92 Å². The van der Waals surface area contributed by atoms with Crippen LogP contribution in [0.2, 0.25) is 0 Å². The van der Waals surface area contributed by atoms with Gasteiger partial charge in [-0.05, 0) is 38.5 Å². The second kappa shape index (κ2) is 6.59. The van der Waals surface area contributed by atoms with Crippen molar-refractivity contribution in [1.29, 1.82) is 0 Å². The van der Waals surface area contributed by atoms with Crippen LogP contribution in [0.15, 0.2) is 11.6 Å². The molecule has 2 atom stereocenters. The Bertz CT molecular complexity index is 379. The zero-order chi connectivity index (χ0) is 13.7. The number of urea groups is 1. The van der Waals surface area contributed by atoms with Crippen LogP contribution in [0.5, 0.6) is 0 Å². The van der Waals surface area contributed by atoms with Crippen LogP contribution in [-0.2, 0) is 4.79 Å². The maximum absolute atomic E-state index is 11.7. The zero-order valence-electron chi connectivity index (χ0n) is 11.2. The quantitative estimate of drug-likeness (QED) is 0.666. The number of hydrogen-bond acceptors (Lipinski definition) is 2. The third kappa shape index (κ3) is 3.98. The Hall–Kier alpha value is -1.52. The Kier molecular flexibility index (Phi) is 4.82. The average molecular weight is 266 g/mol. The van der Waals surface area contributed by atoms with Crippen LogP contribution < -0.4 is 10.6 Å². The van der Waals surface area contributed by atoms with Gasteiger partial charge >= 0.3 is 12.0 Å². The van der Waals surface area contributed by atoms with E-state index in [2.05, 4.69) is 16.7 Å². The van der Waals surface area contributed by atoms with E-state index >= 15 is 0 Å². The van der Waals surface area contributed by atoms with Crippen molar-refractivity contribution in [2.75, 3.05) is 6.54 Å². The van der Waals surface area contributed by atoms with Gasteiger partial charge in [0.2, 0.25) is 0 Å². The molecule has 2 unspecified atom stereocenters. The van der Waals surface area contributed by atoms with Gasteiger partial charge in [-0.1, -0.05) is 18.1 Å². The van der Waals surface area contributed by atoms with Gasteiger partial charge in [-0.25, -0.2) is 4.79 Å². The minimum absolute atomic E-state index is 0.219. The molecular weight excluding hydrogens is 244 g/mol. The Morgan fingerprint density at radius 3 is 2.84 bits per heavy atom. The zero-order valence-corrected chi connectivity index (χ0v) is 11.2. The molecule has 2 amide bonds. The molecule has 1 saturated carbocycles. The summed E-state index contributed by atoms with van der Waals surface area (Å²) in [7, 11) is 0. The van der Waals surface area contributed by atoms with Crippen molar-refractivity contribution < 1.29 is 14.7 Å². The van der Waals surface area contributed by atoms with Crippen molar-refractivity contribution >= 4 is 12.0 Å². The Morgan fingerprint density at radius 1 is 1.32 bits per heavy atom. The highest BCUT2D eigenvalue weighted by molar-refractivity contribution is 5.77. The van der Waals surface area contributed by atoms with E-state index in [1.54, 1.807) is 0 Å². The molecule has 0 saturated heterocycles. The maximum Gasteiger partial charge on any atom is 0.315 e. The molecule has 5 heteroatoms. The summed E-state index contributed by atoms with van der Waals surface area (Å²) in [5, 5.41) is 14.6. The highest BCUT2D eigenvalue weighted by Crippen LogP contribution is 2.25. The third-order valence-corrected chi connectivity index (χ3v) is 4.02. The van der Waals surface area contributed by atoms with Gasteiger partial charge in [0.15, 0.2) is 0 Å². The van der Waals surface area contributed by atoms with Gasteiger partial charge in [0, 0.05) is 12.6 Å². The van der Waals surface area contributed by atoms with E-state index in [9.17, 15) is 9.59 Å². The Morgan fingerprint density at radius 2 is 2.16 bits per heavy atom. The van der Waals surface area contributed by atoms with Gasteiger partial charge in [-0.3, -0.25) is 4.79 Å². The molecule has 0 aliphatic heterocycles. The number of carboxylic acids is 1. The topological polar surface area (TPSA) is 78.4 Å². The number of amides is 2. The van der Waals surface area contributed by atoms with Gasteiger partial charge in [0.25, 0.3) is 0 Å². The summed E-state index contributed by atoms with van der Waals surface area (Å²) in [5.41, 5.74) is 1.42. The first-order valence-electron chi connectivity index (χ1n) is 7.12. The Balaban J connectivity index is 1.67. The number of hydrogen-bond donors (Lipinski definition) is 3. The van der Waals surface area contributed by atoms with Gasteiger partial charge in [0.05, 0.1) is 5.92 Å². The van der Waals surface area contributed by atoms with Crippen LogP contribution >= 0.6 is 0 Å². The molecule has 2 aliphatic rings. The highest BCUT2D eigenvalue weighted by atomic mass is 16.4. The fourth-order valence-electron chi connectivity index (χ4n) is 2.95. The monoisotopic (exact) mass is 266 g/mol. The van der Waals surface area contributed by atoms with E-state index < -0.39 is 11.9 Å².